The monoisotopic (exact) mass is 406 g/mol. The van der Waals surface area contributed by atoms with Crippen LogP contribution in [-0.4, -0.2) is 51.9 Å². The number of carbonyl (C=O) groups excluding carboxylic acids is 1. The molecule has 1 aliphatic rings. The van der Waals surface area contributed by atoms with Crippen molar-refractivity contribution in [2.45, 2.75) is 18.7 Å². The lowest BCUT2D eigenvalue weighted by Crippen LogP contribution is -3.14. The number of anilines is 1. The highest BCUT2D eigenvalue weighted by atomic mass is 32.2. The molecule has 150 valence electrons. The number of hydrogen-bond acceptors (Lipinski definition) is 3. The van der Waals surface area contributed by atoms with Gasteiger partial charge in [0.2, 0.25) is 0 Å². The lowest BCUT2D eigenvalue weighted by Gasteiger charge is -2.31. The van der Waals surface area contributed by atoms with E-state index >= 15 is 0 Å². The Balaban J connectivity index is 1.69. The van der Waals surface area contributed by atoms with Gasteiger partial charge in [-0.3, -0.25) is 9.52 Å². The lowest BCUT2D eigenvalue weighted by atomic mass is 10.1. The molecule has 1 saturated heterocycles. The topological polar surface area (TPSA) is 70.9 Å². The predicted molar refractivity (Wildman–Crippen MR) is 106 cm³/mol. The van der Waals surface area contributed by atoms with Crippen molar-refractivity contribution >= 4 is 21.6 Å². The molecule has 0 unspecified atom stereocenters. The molecule has 1 amide bonds. The van der Waals surface area contributed by atoms with Gasteiger partial charge in [-0.15, -0.1) is 0 Å². The first-order valence-electron chi connectivity index (χ1n) is 9.32. The number of likely N-dealkylation sites (N-methyl/N-ethyl adjacent to an activating group) is 1. The van der Waals surface area contributed by atoms with Crippen LogP contribution in [0.1, 0.15) is 22.8 Å². The van der Waals surface area contributed by atoms with Gasteiger partial charge in [0.1, 0.15) is 5.82 Å². The van der Waals surface area contributed by atoms with Gasteiger partial charge in [0.15, 0.2) is 0 Å². The molecule has 0 aromatic heterocycles. The maximum Gasteiger partial charge on any atom is 0.262 e. The van der Waals surface area contributed by atoms with Crippen molar-refractivity contribution in [3.05, 3.63) is 59.4 Å². The van der Waals surface area contributed by atoms with Gasteiger partial charge in [-0.1, -0.05) is 0 Å². The molecule has 3 rings (SSSR count). The Kier molecular flexibility index (Phi) is 6.00. The number of nitrogens with one attached hydrogen (secondary N) is 2. The van der Waals surface area contributed by atoms with E-state index in [2.05, 4.69) is 11.6 Å². The summed E-state index contributed by atoms with van der Waals surface area (Å²) in [5, 5.41) is 0. The van der Waals surface area contributed by atoms with Crippen molar-refractivity contribution in [3.63, 3.8) is 0 Å². The van der Waals surface area contributed by atoms with E-state index in [1.54, 1.807) is 31.2 Å². The Labute approximate surface area is 165 Å². The third kappa shape index (κ3) is 4.51. The molecule has 0 radical (unpaired) electrons. The van der Waals surface area contributed by atoms with Crippen LogP contribution in [0.5, 0.6) is 0 Å². The fourth-order valence-corrected chi connectivity index (χ4v) is 4.65. The minimum Gasteiger partial charge on any atom is -0.332 e. The van der Waals surface area contributed by atoms with E-state index in [9.17, 15) is 17.6 Å². The average Bonchev–Trinajstić information content (AvgIpc) is 2.67. The Hall–Kier alpha value is -2.45. The van der Waals surface area contributed by atoms with E-state index in [1.807, 2.05) is 4.90 Å². The second-order valence-corrected chi connectivity index (χ2v) is 8.64. The highest BCUT2D eigenvalue weighted by Gasteiger charge is 2.24. The largest absolute Gasteiger partial charge is 0.332 e. The number of carbonyl (C=O) groups is 1. The molecule has 1 fully saturated rings. The molecule has 8 heteroatoms. The summed E-state index contributed by atoms with van der Waals surface area (Å²) in [6.45, 7) is 8.07. The first-order chi connectivity index (χ1) is 13.3. The molecule has 6 nitrogen and oxygen atoms in total. The van der Waals surface area contributed by atoms with Crippen LogP contribution < -0.4 is 9.62 Å². The fraction of sp³-hybridized carbons (Fsp3) is 0.350. The molecular formula is C20H25FN3O3S+. The molecule has 0 aliphatic carbocycles. The first-order valence-corrected chi connectivity index (χ1v) is 10.8. The van der Waals surface area contributed by atoms with Crippen molar-refractivity contribution in [1.82, 2.24) is 4.90 Å². The molecule has 28 heavy (non-hydrogen) atoms. The zero-order valence-corrected chi connectivity index (χ0v) is 16.9. The van der Waals surface area contributed by atoms with Crippen LogP contribution in [0.4, 0.5) is 10.1 Å². The van der Waals surface area contributed by atoms with E-state index in [4.69, 9.17) is 0 Å². The van der Waals surface area contributed by atoms with Gasteiger partial charge >= 0.3 is 0 Å². The molecule has 0 atom stereocenters. The number of piperazine rings is 1. The van der Waals surface area contributed by atoms with Crippen LogP contribution in [0, 0.1) is 12.7 Å². The quantitative estimate of drug-likeness (QED) is 0.786. The van der Waals surface area contributed by atoms with Crippen LogP contribution in [0.3, 0.4) is 0 Å². The number of amides is 1. The summed E-state index contributed by atoms with van der Waals surface area (Å²) in [4.78, 5) is 16.0. The van der Waals surface area contributed by atoms with Gasteiger partial charge in [-0.25, -0.2) is 12.8 Å². The van der Waals surface area contributed by atoms with Crippen LogP contribution in [-0.2, 0) is 10.0 Å². The van der Waals surface area contributed by atoms with Gasteiger partial charge in [0, 0.05) is 11.3 Å². The number of benzene rings is 2. The van der Waals surface area contributed by atoms with Crippen molar-refractivity contribution in [2.24, 2.45) is 0 Å². The van der Waals surface area contributed by atoms with Crippen molar-refractivity contribution in [2.75, 3.05) is 37.4 Å². The zero-order valence-electron chi connectivity index (χ0n) is 16.0. The number of quaternary nitrogens is 1. The summed E-state index contributed by atoms with van der Waals surface area (Å²) in [6.07, 6.45) is 0. The highest BCUT2D eigenvalue weighted by Crippen LogP contribution is 2.21. The van der Waals surface area contributed by atoms with E-state index in [1.165, 1.54) is 17.0 Å². The lowest BCUT2D eigenvalue weighted by molar-refractivity contribution is -0.902. The number of halogens is 1. The number of hydrogen-bond donors (Lipinski definition) is 2. The van der Waals surface area contributed by atoms with E-state index in [0.717, 1.165) is 38.8 Å². The van der Waals surface area contributed by atoms with Gasteiger partial charge in [-0.05, 0) is 61.9 Å². The van der Waals surface area contributed by atoms with E-state index in [0.29, 0.717) is 16.8 Å². The summed E-state index contributed by atoms with van der Waals surface area (Å²) < 4.78 is 40.8. The number of nitrogens with zero attached hydrogens (tertiary/aromatic N) is 1. The van der Waals surface area contributed by atoms with Crippen LogP contribution >= 0.6 is 0 Å². The second-order valence-electron chi connectivity index (χ2n) is 6.99. The molecule has 0 bridgehead atoms. The minimum absolute atomic E-state index is 0.0188. The standard InChI is InChI=1S/C20H24FN3O3S/c1-3-23-10-12-24(13-11-23)20(25)16-4-7-18(8-5-16)22-28(26,27)19-9-6-17(21)14-15(19)2/h4-9,14,22H,3,10-13H2,1-2H3/p+1. The van der Waals surface area contributed by atoms with Gasteiger partial charge in [-0.2, -0.15) is 0 Å². The maximum absolute atomic E-state index is 13.2. The average molecular weight is 407 g/mol. The molecule has 2 aromatic carbocycles. The van der Waals surface area contributed by atoms with Crippen LogP contribution in [0.15, 0.2) is 47.4 Å². The summed E-state index contributed by atoms with van der Waals surface area (Å²) in [6, 6.07) is 9.91. The molecule has 0 saturated carbocycles. The van der Waals surface area contributed by atoms with Gasteiger partial charge in [0.05, 0.1) is 37.6 Å². The van der Waals surface area contributed by atoms with Crippen LogP contribution in [0.25, 0.3) is 0 Å². The Morgan fingerprint density at radius 2 is 1.79 bits per heavy atom. The third-order valence-electron chi connectivity index (χ3n) is 5.07. The number of rotatable bonds is 5. The molecule has 2 N–H and O–H groups in total. The minimum atomic E-state index is -3.84. The smallest absolute Gasteiger partial charge is 0.262 e. The third-order valence-corrected chi connectivity index (χ3v) is 6.61. The van der Waals surface area contributed by atoms with Crippen LogP contribution in [0.2, 0.25) is 0 Å². The Morgan fingerprint density at radius 3 is 2.36 bits per heavy atom. The summed E-state index contributed by atoms with van der Waals surface area (Å²) in [5.74, 6) is -0.528. The summed E-state index contributed by atoms with van der Waals surface area (Å²) in [5.41, 5.74) is 1.20. The fourth-order valence-electron chi connectivity index (χ4n) is 3.37. The molecule has 1 heterocycles. The summed E-state index contributed by atoms with van der Waals surface area (Å²) >= 11 is 0. The number of aryl methyl sites for hydroxylation is 1. The first kappa shape index (κ1) is 20.3. The zero-order chi connectivity index (χ0) is 20.3. The predicted octanol–water partition coefficient (Wildman–Crippen LogP) is 1.30. The highest BCUT2D eigenvalue weighted by molar-refractivity contribution is 7.92. The van der Waals surface area contributed by atoms with Crippen molar-refractivity contribution in [1.29, 1.82) is 0 Å². The van der Waals surface area contributed by atoms with E-state index < -0.39 is 15.8 Å². The van der Waals surface area contributed by atoms with E-state index in [-0.39, 0.29) is 10.8 Å². The van der Waals surface area contributed by atoms with Gasteiger partial charge in [0.25, 0.3) is 15.9 Å². The Morgan fingerprint density at radius 1 is 1.14 bits per heavy atom. The summed E-state index contributed by atoms with van der Waals surface area (Å²) in [7, 11) is -3.84. The normalized spacial score (nSPS) is 15.5. The molecule has 2 aromatic rings. The van der Waals surface area contributed by atoms with Gasteiger partial charge < -0.3 is 9.80 Å². The molecule has 0 spiro atoms. The Bertz CT molecular complexity index is 953. The van der Waals surface area contributed by atoms with Crippen molar-refractivity contribution in [3.8, 4) is 0 Å². The molecular weight excluding hydrogens is 381 g/mol. The SMILES string of the molecule is CC[NH+]1CCN(C(=O)c2ccc(NS(=O)(=O)c3ccc(F)cc3C)cc2)CC1. The maximum atomic E-state index is 13.2. The number of sulfonamides is 1. The van der Waals surface area contributed by atoms with Crippen molar-refractivity contribution < 1.29 is 22.5 Å². The molecule has 1 aliphatic heterocycles. The second kappa shape index (κ2) is 8.28.